The molecule has 0 saturated carbocycles. The zero-order chi connectivity index (χ0) is 14.7. The molecule has 3 heteroatoms. The van der Waals surface area contributed by atoms with Crippen LogP contribution in [-0.4, -0.2) is 30.1 Å². The maximum absolute atomic E-state index is 11.0. The Bertz CT molecular complexity index is 552. The van der Waals surface area contributed by atoms with Gasteiger partial charge in [-0.15, -0.1) is 0 Å². The summed E-state index contributed by atoms with van der Waals surface area (Å²) in [6, 6.07) is 21.1. The summed E-state index contributed by atoms with van der Waals surface area (Å²) in [4.78, 5) is 13.4. The monoisotopic (exact) mass is 281 g/mol. The van der Waals surface area contributed by atoms with Crippen LogP contribution in [0.4, 0.5) is 0 Å². The van der Waals surface area contributed by atoms with Gasteiger partial charge in [-0.3, -0.25) is 9.69 Å². The lowest BCUT2D eigenvalue weighted by atomic mass is 9.94. The van der Waals surface area contributed by atoms with Gasteiger partial charge >= 0.3 is 5.97 Å². The number of hydrogen-bond acceptors (Lipinski definition) is 3. The fourth-order valence-corrected chi connectivity index (χ4v) is 2.87. The molecule has 0 amide bonds. The second-order valence-corrected chi connectivity index (χ2v) is 5.41. The molecule has 3 rings (SSSR count). The summed E-state index contributed by atoms with van der Waals surface area (Å²) in [5.41, 5.74) is 2.54. The molecule has 1 aliphatic rings. The predicted molar refractivity (Wildman–Crippen MR) is 81.9 cm³/mol. The highest BCUT2D eigenvalue weighted by Gasteiger charge is 2.35. The quantitative estimate of drug-likeness (QED) is 0.807. The summed E-state index contributed by atoms with van der Waals surface area (Å²) in [6.45, 7) is 3.04. The Labute approximate surface area is 125 Å². The molecule has 0 radical (unpaired) electrons. The Morgan fingerprint density at radius 1 is 1.00 bits per heavy atom. The molecule has 1 aliphatic heterocycles. The van der Waals surface area contributed by atoms with E-state index in [0.717, 1.165) is 13.1 Å². The number of esters is 1. The summed E-state index contributed by atoms with van der Waals surface area (Å²) < 4.78 is 5.26. The molecule has 0 aliphatic carbocycles. The molecule has 3 nitrogen and oxygen atoms in total. The van der Waals surface area contributed by atoms with E-state index in [1.807, 2.05) is 12.1 Å². The Morgan fingerprint density at radius 3 is 1.90 bits per heavy atom. The van der Waals surface area contributed by atoms with Crippen LogP contribution >= 0.6 is 0 Å². The lowest BCUT2D eigenvalue weighted by Gasteiger charge is -2.43. The molecule has 0 spiro atoms. The molecule has 108 valence electrons. The Morgan fingerprint density at radius 2 is 1.48 bits per heavy atom. The van der Waals surface area contributed by atoms with Crippen LogP contribution < -0.4 is 0 Å². The average molecular weight is 281 g/mol. The molecule has 1 heterocycles. The number of carbonyl (C=O) groups is 1. The first-order chi connectivity index (χ1) is 10.2. The van der Waals surface area contributed by atoms with Crippen molar-refractivity contribution in [3.05, 3.63) is 71.8 Å². The predicted octanol–water partition coefficient (Wildman–Crippen LogP) is 3.02. The number of nitrogens with zero attached hydrogens (tertiary/aromatic N) is 1. The number of hydrogen-bond donors (Lipinski definition) is 0. The van der Waals surface area contributed by atoms with Gasteiger partial charge in [0.2, 0.25) is 0 Å². The second-order valence-electron chi connectivity index (χ2n) is 5.41. The van der Waals surface area contributed by atoms with Gasteiger partial charge in [0.05, 0.1) is 6.04 Å². The van der Waals surface area contributed by atoms with E-state index in [0.29, 0.717) is 0 Å². The van der Waals surface area contributed by atoms with Crippen LogP contribution in [0, 0.1) is 0 Å². The molecule has 1 saturated heterocycles. The average Bonchev–Trinajstić information content (AvgIpc) is 2.47. The van der Waals surface area contributed by atoms with Crippen molar-refractivity contribution in [1.29, 1.82) is 0 Å². The molecule has 2 aromatic rings. The van der Waals surface area contributed by atoms with Crippen molar-refractivity contribution in [3.63, 3.8) is 0 Å². The minimum Gasteiger partial charge on any atom is -0.460 e. The zero-order valence-corrected chi connectivity index (χ0v) is 12.1. The Hall–Kier alpha value is -2.13. The molecule has 0 N–H and O–H groups in total. The van der Waals surface area contributed by atoms with Gasteiger partial charge in [-0.05, 0) is 11.1 Å². The van der Waals surface area contributed by atoms with Crippen LogP contribution in [0.1, 0.15) is 24.1 Å². The van der Waals surface area contributed by atoms with E-state index in [1.54, 1.807) is 0 Å². The van der Waals surface area contributed by atoms with Gasteiger partial charge in [-0.2, -0.15) is 0 Å². The topological polar surface area (TPSA) is 29.5 Å². The van der Waals surface area contributed by atoms with Crippen LogP contribution in [0.15, 0.2) is 60.7 Å². The molecular formula is C18H19NO2. The first-order valence-electron chi connectivity index (χ1n) is 7.25. The summed E-state index contributed by atoms with van der Waals surface area (Å²) in [5, 5.41) is 0. The van der Waals surface area contributed by atoms with Crippen molar-refractivity contribution in [2.24, 2.45) is 0 Å². The molecule has 0 atom stereocenters. The van der Waals surface area contributed by atoms with E-state index in [1.165, 1.54) is 18.1 Å². The van der Waals surface area contributed by atoms with Crippen molar-refractivity contribution in [2.45, 2.75) is 19.1 Å². The van der Waals surface area contributed by atoms with Gasteiger partial charge in [0.15, 0.2) is 0 Å². The molecule has 2 aromatic carbocycles. The van der Waals surface area contributed by atoms with Crippen LogP contribution in [0.3, 0.4) is 0 Å². The number of benzene rings is 2. The van der Waals surface area contributed by atoms with Gasteiger partial charge in [0, 0.05) is 20.0 Å². The molecule has 0 unspecified atom stereocenters. The van der Waals surface area contributed by atoms with E-state index < -0.39 is 0 Å². The van der Waals surface area contributed by atoms with Crippen LogP contribution in [0.25, 0.3) is 0 Å². The van der Waals surface area contributed by atoms with Crippen molar-refractivity contribution in [3.8, 4) is 0 Å². The summed E-state index contributed by atoms with van der Waals surface area (Å²) in [6.07, 6.45) is 0.0254. The van der Waals surface area contributed by atoms with Crippen molar-refractivity contribution in [2.75, 3.05) is 13.1 Å². The Kier molecular flexibility index (Phi) is 4.02. The minimum absolute atomic E-state index is 0.0254. The van der Waals surface area contributed by atoms with Gasteiger partial charge in [-0.25, -0.2) is 0 Å². The number of rotatable bonds is 4. The van der Waals surface area contributed by atoms with E-state index in [2.05, 4.69) is 53.4 Å². The van der Waals surface area contributed by atoms with Crippen LogP contribution in [0.2, 0.25) is 0 Å². The fourth-order valence-electron chi connectivity index (χ4n) is 2.87. The molecule has 0 aromatic heterocycles. The van der Waals surface area contributed by atoms with Crippen molar-refractivity contribution < 1.29 is 9.53 Å². The lowest BCUT2D eigenvalue weighted by Crippen LogP contribution is -2.54. The zero-order valence-electron chi connectivity index (χ0n) is 12.1. The molecular weight excluding hydrogens is 262 g/mol. The fraction of sp³-hybridized carbons (Fsp3) is 0.278. The minimum atomic E-state index is -0.198. The first-order valence-corrected chi connectivity index (χ1v) is 7.25. The molecule has 1 fully saturated rings. The third-order valence-corrected chi connectivity index (χ3v) is 3.80. The van der Waals surface area contributed by atoms with Crippen molar-refractivity contribution in [1.82, 2.24) is 4.90 Å². The smallest absolute Gasteiger partial charge is 0.302 e. The summed E-state index contributed by atoms with van der Waals surface area (Å²) in [5.74, 6) is -0.198. The highest BCUT2D eigenvalue weighted by Crippen LogP contribution is 2.32. The number of carbonyl (C=O) groups excluding carboxylic acids is 1. The summed E-state index contributed by atoms with van der Waals surface area (Å²) in [7, 11) is 0. The van der Waals surface area contributed by atoms with E-state index >= 15 is 0 Å². The molecule has 21 heavy (non-hydrogen) atoms. The standard InChI is InChI=1S/C18H19NO2/c1-14(20)21-17-12-19(13-17)18(15-8-4-2-5-9-15)16-10-6-3-7-11-16/h2-11,17-18H,12-13H2,1H3. The third-order valence-electron chi connectivity index (χ3n) is 3.80. The van der Waals surface area contributed by atoms with Gasteiger partial charge in [-0.1, -0.05) is 60.7 Å². The highest BCUT2D eigenvalue weighted by molar-refractivity contribution is 5.66. The normalized spacial score (nSPS) is 15.7. The van der Waals surface area contributed by atoms with E-state index in [-0.39, 0.29) is 18.1 Å². The van der Waals surface area contributed by atoms with Gasteiger partial charge in [0.25, 0.3) is 0 Å². The van der Waals surface area contributed by atoms with Crippen molar-refractivity contribution >= 4 is 5.97 Å². The first kappa shape index (κ1) is 13.8. The lowest BCUT2D eigenvalue weighted by molar-refractivity contribution is -0.155. The van der Waals surface area contributed by atoms with Gasteiger partial charge < -0.3 is 4.74 Å². The van der Waals surface area contributed by atoms with Crippen LogP contribution in [0.5, 0.6) is 0 Å². The second kappa shape index (κ2) is 6.10. The SMILES string of the molecule is CC(=O)OC1CN(C(c2ccccc2)c2ccccc2)C1. The van der Waals surface area contributed by atoms with Crippen LogP contribution in [-0.2, 0) is 9.53 Å². The number of likely N-dealkylation sites (tertiary alicyclic amines) is 1. The number of ether oxygens (including phenoxy) is 1. The maximum atomic E-state index is 11.0. The third kappa shape index (κ3) is 3.14. The summed E-state index contributed by atoms with van der Waals surface area (Å²) >= 11 is 0. The maximum Gasteiger partial charge on any atom is 0.302 e. The van der Waals surface area contributed by atoms with E-state index in [4.69, 9.17) is 4.74 Å². The Balaban J connectivity index is 1.80. The highest BCUT2D eigenvalue weighted by atomic mass is 16.5. The van der Waals surface area contributed by atoms with Gasteiger partial charge in [0.1, 0.15) is 6.10 Å². The largest absolute Gasteiger partial charge is 0.460 e. The van der Waals surface area contributed by atoms with E-state index in [9.17, 15) is 4.79 Å². The molecule has 0 bridgehead atoms.